The van der Waals surface area contributed by atoms with Gasteiger partial charge in [0.1, 0.15) is 0 Å². The number of nitrogen functional groups attached to an aromatic ring is 1. The van der Waals surface area contributed by atoms with E-state index in [-0.39, 0.29) is 0 Å². The van der Waals surface area contributed by atoms with Gasteiger partial charge in [-0.05, 0) is 18.2 Å². The van der Waals surface area contributed by atoms with Crippen molar-refractivity contribution in [1.82, 2.24) is 4.98 Å². The normalized spacial score (nSPS) is 14.1. The number of para-hydroxylation sites is 2. The van der Waals surface area contributed by atoms with Crippen LogP contribution in [0.3, 0.4) is 0 Å². The Bertz CT molecular complexity index is 629. The predicted molar refractivity (Wildman–Crippen MR) is 81.9 cm³/mol. The average Bonchev–Trinajstić information content (AvgIpc) is 2.49. The fourth-order valence-electron chi connectivity index (χ4n) is 2.50. The molecule has 1 aromatic carbocycles. The molecule has 0 saturated carbocycles. The number of hydrogen-bond donors (Lipinski definition) is 1. The molecule has 0 unspecified atom stereocenters. The highest BCUT2D eigenvalue weighted by molar-refractivity contribution is 5.82. The minimum absolute atomic E-state index is 0.575. The van der Waals surface area contributed by atoms with Crippen LogP contribution in [0, 0.1) is 0 Å². The minimum Gasteiger partial charge on any atom is -0.481 e. The zero-order chi connectivity index (χ0) is 14.1. The fraction of sp³-hybridized carbons (Fsp3) is 0.267. The Hall–Kier alpha value is -2.43. The summed E-state index contributed by atoms with van der Waals surface area (Å²) in [6, 6.07) is 11.9. The van der Waals surface area contributed by atoms with Gasteiger partial charge in [0.15, 0.2) is 5.82 Å². The van der Waals surface area contributed by atoms with Gasteiger partial charge in [-0.25, -0.2) is 0 Å². The molecule has 5 nitrogen and oxygen atoms in total. The Morgan fingerprint density at radius 3 is 2.60 bits per heavy atom. The highest BCUT2D eigenvalue weighted by atomic mass is 16.5. The van der Waals surface area contributed by atoms with Crippen LogP contribution in [-0.4, -0.2) is 32.2 Å². The molecule has 1 aromatic heterocycles. The van der Waals surface area contributed by atoms with Crippen LogP contribution in [0.2, 0.25) is 0 Å². The van der Waals surface area contributed by atoms with Crippen molar-refractivity contribution >= 4 is 22.9 Å². The van der Waals surface area contributed by atoms with E-state index in [2.05, 4.69) is 34.0 Å². The number of nitrogens with two attached hydrogens (primary N) is 1. The summed E-state index contributed by atoms with van der Waals surface area (Å²) >= 11 is 0. The Balaban J connectivity index is 2.10. The monoisotopic (exact) mass is 270 g/mol. The van der Waals surface area contributed by atoms with Crippen LogP contribution in [-0.2, 0) is 0 Å². The molecule has 0 amide bonds. The molecule has 0 bridgehead atoms. The highest BCUT2D eigenvalue weighted by Gasteiger charge is 2.23. The van der Waals surface area contributed by atoms with Gasteiger partial charge in [0.05, 0.1) is 24.2 Å². The fourth-order valence-corrected chi connectivity index (χ4v) is 2.50. The molecule has 5 heteroatoms. The second-order valence-electron chi connectivity index (χ2n) is 4.83. The van der Waals surface area contributed by atoms with Crippen LogP contribution < -0.4 is 20.3 Å². The maximum absolute atomic E-state index is 6.09. The van der Waals surface area contributed by atoms with Crippen LogP contribution in [0.4, 0.5) is 22.9 Å². The van der Waals surface area contributed by atoms with Crippen molar-refractivity contribution in [2.75, 3.05) is 42.8 Å². The van der Waals surface area contributed by atoms with Crippen LogP contribution in [0.25, 0.3) is 0 Å². The van der Waals surface area contributed by atoms with E-state index in [0.717, 1.165) is 24.6 Å². The molecule has 20 heavy (non-hydrogen) atoms. The van der Waals surface area contributed by atoms with Gasteiger partial charge in [-0.15, -0.1) is 0 Å². The number of methoxy groups -OCH3 is 1. The third-order valence-electron chi connectivity index (χ3n) is 3.59. The van der Waals surface area contributed by atoms with Crippen LogP contribution in [0.15, 0.2) is 36.4 Å². The Morgan fingerprint density at radius 1 is 1.10 bits per heavy atom. The number of aromatic nitrogens is 1. The molecular weight excluding hydrogens is 252 g/mol. The molecule has 1 aliphatic heterocycles. The third kappa shape index (κ3) is 2.01. The molecule has 2 N–H and O–H groups in total. The number of ether oxygens (including phenoxy) is 1. The van der Waals surface area contributed by atoms with Crippen LogP contribution >= 0.6 is 0 Å². The van der Waals surface area contributed by atoms with Crippen molar-refractivity contribution in [3.63, 3.8) is 0 Å². The number of hydrogen-bond acceptors (Lipinski definition) is 5. The lowest BCUT2D eigenvalue weighted by Crippen LogP contribution is -2.37. The highest BCUT2D eigenvalue weighted by Crippen LogP contribution is 2.38. The lowest BCUT2D eigenvalue weighted by molar-refractivity contribution is 0.398. The van der Waals surface area contributed by atoms with Crippen molar-refractivity contribution in [1.29, 1.82) is 0 Å². The van der Waals surface area contributed by atoms with Gasteiger partial charge in [-0.1, -0.05) is 12.1 Å². The van der Waals surface area contributed by atoms with E-state index in [1.165, 1.54) is 5.69 Å². The van der Waals surface area contributed by atoms with Gasteiger partial charge in [0.2, 0.25) is 5.88 Å². The van der Waals surface area contributed by atoms with Crippen LogP contribution in [0.1, 0.15) is 0 Å². The average molecular weight is 270 g/mol. The van der Waals surface area contributed by atoms with Crippen molar-refractivity contribution in [3.05, 3.63) is 36.4 Å². The number of rotatable bonds is 2. The lowest BCUT2D eigenvalue weighted by Gasteiger charge is -2.36. The maximum Gasteiger partial charge on any atom is 0.215 e. The molecule has 0 spiro atoms. The summed E-state index contributed by atoms with van der Waals surface area (Å²) < 4.78 is 5.21. The van der Waals surface area contributed by atoms with Gasteiger partial charge < -0.3 is 20.3 Å². The zero-order valence-corrected chi connectivity index (χ0v) is 11.7. The van der Waals surface area contributed by atoms with E-state index < -0.39 is 0 Å². The number of pyridine rings is 1. The summed E-state index contributed by atoms with van der Waals surface area (Å²) in [6.07, 6.45) is 0. The van der Waals surface area contributed by atoms with E-state index in [1.807, 2.05) is 18.2 Å². The van der Waals surface area contributed by atoms with E-state index in [4.69, 9.17) is 10.5 Å². The first kappa shape index (κ1) is 12.6. The van der Waals surface area contributed by atoms with E-state index >= 15 is 0 Å². The standard InChI is InChI=1S/C15H18N4O/c1-18-9-10-19(13-6-4-3-5-12(13)18)15-11(16)7-8-14(17-15)20-2/h3-8H,9-10,16H2,1-2H3. The molecule has 1 aliphatic rings. The Morgan fingerprint density at radius 2 is 1.85 bits per heavy atom. The molecule has 2 aromatic rings. The summed E-state index contributed by atoms with van der Waals surface area (Å²) in [6.45, 7) is 1.77. The largest absolute Gasteiger partial charge is 0.481 e. The predicted octanol–water partition coefficient (Wildman–Crippen LogP) is 2.26. The lowest BCUT2D eigenvalue weighted by atomic mass is 10.1. The van der Waals surface area contributed by atoms with E-state index in [9.17, 15) is 0 Å². The first-order valence-electron chi connectivity index (χ1n) is 6.59. The topological polar surface area (TPSA) is 54.6 Å². The second-order valence-corrected chi connectivity index (χ2v) is 4.83. The second kappa shape index (κ2) is 4.92. The number of anilines is 4. The van der Waals surface area contributed by atoms with Crippen molar-refractivity contribution in [2.24, 2.45) is 0 Å². The zero-order valence-electron chi connectivity index (χ0n) is 11.7. The quantitative estimate of drug-likeness (QED) is 0.907. The first-order chi connectivity index (χ1) is 9.70. The molecule has 104 valence electrons. The summed E-state index contributed by atoms with van der Waals surface area (Å²) in [5.41, 5.74) is 9.05. The Kier molecular flexibility index (Phi) is 3.10. The molecule has 3 rings (SSSR count). The molecule has 0 saturated heterocycles. The van der Waals surface area contributed by atoms with E-state index in [1.54, 1.807) is 13.2 Å². The molecule has 0 aliphatic carbocycles. The summed E-state index contributed by atoms with van der Waals surface area (Å²) in [7, 11) is 3.71. The molecule has 0 atom stereocenters. The number of benzene rings is 1. The van der Waals surface area contributed by atoms with Gasteiger partial charge in [-0.3, -0.25) is 0 Å². The maximum atomic E-state index is 6.09. The van der Waals surface area contributed by atoms with Crippen molar-refractivity contribution < 1.29 is 4.74 Å². The summed E-state index contributed by atoms with van der Waals surface area (Å²) in [4.78, 5) is 8.88. The molecule has 2 heterocycles. The first-order valence-corrected chi connectivity index (χ1v) is 6.59. The molecule has 0 fully saturated rings. The van der Waals surface area contributed by atoms with Crippen LogP contribution in [0.5, 0.6) is 5.88 Å². The van der Waals surface area contributed by atoms with Gasteiger partial charge in [-0.2, -0.15) is 4.98 Å². The van der Waals surface area contributed by atoms with Gasteiger partial charge in [0.25, 0.3) is 0 Å². The number of nitrogens with zero attached hydrogens (tertiary/aromatic N) is 3. The van der Waals surface area contributed by atoms with Gasteiger partial charge >= 0.3 is 0 Å². The minimum atomic E-state index is 0.575. The van der Waals surface area contributed by atoms with Crippen molar-refractivity contribution in [2.45, 2.75) is 0 Å². The third-order valence-corrected chi connectivity index (χ3v) is 3.59. The SMILES string of the molecule is COc1ccc(N)c(N2CCN(C)c3ccccc32)n1. The molecular formula is C15H18N4O. The van der Waals surface area contributed by atoms with E-state index in [0.29, 0.717) is 11.6 Å². The number of likely N-dealkylation sites (N-methyl/N-ethyl adjacent to an activating group) is 1. The smallest absolute Gasteiger partial charge is 0.215 e. The van der Waals surface area contributed by atoms with Gasteiger partial charge in [0, 0.05) is 26.2 Å². The van der Waals surface area contributed by atoms with Crippen molar-refractivity contribution in [3.8, 4) is 5.88 Å². The molecule has 0 radical (unpaired) electrons. The number of fused-ring (bicyclic) bond motifs is 1. The Labute approximate surface area is 118 Å². The summed E-state index contributed by atoms with van der Waals surface area (Å²) in [5, 5.41) is 0. The summed E-state index contributed by atoms with van der Waals surface area (Å²) in [5.74, 6) is 1.33.